The van der Waals surface area contributed by atoms with Gasteiger partial charge in [-0.25, -0.2) is 0 Å². The molecule has 0 spiro atoms. The van der Waals surface area contributed by atoms with Crippen LogP contribution in [0.25, 0.3) is 0 Å². The molecule has 146 valence electrons. The molecule has 0 radical (unpaired) electrons. The van der Waals surface area contributed by atoms with Gasteiger partial charge in [0, 0.05) is 0 Å². The number of hydrogen-bond acceptors (Lipinski definition) is 4. The molecular weight excluding hydrogens is 388 g/mol. The van der Waals surface area contributed by atoms with E-state index >= 15 is 0 Å². The monoisotopic (exact) mass is 412 g/mol. The van der Waals surface area contributed by atoms with Gasteiger partial charge in [-0.2, -0.15) is 4.57 Å². The first-order chi connectivity index (χ1) is 12.4. The van der Waals surface area contributed by atoms with Gasteiger partial charge in [0.15, 0.2) is 0 Å². The second-order valence-electron chi connectivity index (χ2n) is 6.16. The normalized spacial score (nSPS) is 10.2. The van der Waals surface area contributed by atoms with Gasteiger partial charge in [0.25, 0.3) is 0 Å². The summed E-state index contributed by atoms with van der Waals surface area (Å²) >= 11 is 0. The van der Waals surface area contributed by atoms with E-state index in [0.717, 1.165) is 16.7 Å². The van der Waals surface area contributed by atoms with Gasteiger partial charge in [-0.15, -0.1) is 0 Å². The molecule has 0 saturated carbocycles. The van der Waals surface area contributed by atoms with Crippen molar-refractivity contribution in [3.63, 3.8) is 0 Å². The van der Waals surface area contributed by atoms with Crippen LogP contribution in [0.1, 0.15) is 16.7 Å². The lowest BCUT2D eigenvalue weighted by molar-refractivity contribution is 0.298. The maximum atomic E-state index is 13.3. The fourth-order valence-corrected chi connectivity index (χ4v) is 3.49. The van der Waals surface area contributed by atoms with Crippen LogP contribution in [0, 0.1) is 20.8 Å². The van der Waals surface area contributed by atoms with Crippen LogP contribution in [0.2, 0.25) is 0 Å². The summed E-state index contributed by atoms with van der Waals surface area (Å²) in [6, 6.07) is 21.6. The predicted octanol–water partition coefficient (Wildman–Crippen LogP) is 4.52. The second kappa shape index (κ2) is 10.5. The molecular formula is C21H25MgO5P. The zero-order valence-corrected chi connectivity index (χ0v) is 16.4. The Morgan fingerprint density at radius 2 is 0.750 bits per heavy atom. The average molecular weight is 413 g/mol. The zero-order valence-electron chi connectivity index (χ0n) is 15.5. The highest BCUT2D eigenvalue weighted by Crippen LogP contribution is 2.49. The van der Waals surface area contributed by atoms with Crippen molar-refractivity contribution in [1.82, 2.24) is 0 Å². The molecule has 28 heavy (non-hydrogen) atoms. The van der Waals surface area contributed by atoms with E-state index in [1.54, 1.807) is 36.4 Å². The first-order valence-corrected chi connectivity index (χ1v) is 9.77. The Labute approximate surface area is 181 Å². The molecule has 0 fully saturated rings. The van der Waals surface area contributed by atoms with Gasteiger partial charge in [-0.3, -0.25) is 0 Å². The summed E-state index contributed by atoms with van der Waals surface area (Å²) in [6.45, 7) is 5.90. The van der Waals surface area contributed by atoms with Crippen molar-refractivity contribution in [1.29, 1.82) is 0 Å². The Balaban J connectivity index is 0.00000196. The van der Waals surface area contributed by atoms with E-state index in [-0.39, 0.29) is 28.5 Å². The SMILES string of the molecule is Cc1ccc(OP(=O)(Oc2ccc(C)cc2)Oc2ccc(C)cc2)cc1.O.[MgH2]. The summed E-state index contributed by atoms with van der Waals surface area (Å²) in [5.74, 6) is 1.24. The topological polar surface area (TPSA) is 76.3 Å². The van der Waals surface area contributed by atoms with Crippen LogP contribution in [-0.2, 0) is 4.57 Å². The smallest absolute Gasteiger partial charge is 0.412 e. The molecule has 3 rings (SSSR count). The minimum Gasteiger partial charge on any atom is -0.412 e. The van der Waals surface area contributed by atoms with Crippen LogP contribution in [0.15, 0.2) is 72.8 Å². The van der Waals surface area contributed by atoms with Crippen molar-refractivity contribution in [2.24, 2.45) is 0 Å². The van der Waals surface area contributed by atoms with E-state index in [9.17, 15) is 4.57 Å². The largest absolute Gasteiger partial charge is 0.647 e. The molecule has 0 atom stereocenters. The molecule has 0 saturated heterocycles. The fourth-order valence-electron chi connectivity index (χ4n) is 2.24. The highest BCUT2D eigenvalue weighted by molar-refractivity contribution is 7.49. The lowest BCUT2D eigenvalue weighted by Crippen LogP contribution is -2.07. The number of phosphoric acid groups is 1. The molecule has 5 nitrogen and oxygen atoms in total. The van der Waals surface area contributed by atoms with E-state index < -0.39 is 7.82 Å². The van der Waals surface area contributed by atoms with Gasteiger partial charge >= 0.3 is 30.9 Å². The van der Waals surface area contributed by atoms with Gasteiger partial charge in [0.1, 0.15) is 17.2 Å². The first kappa shape index (κ1) is 24.1. The molecule has 0 amide bonds. The highest BCUT2D eigenvalue weighted by Gasteiger charge is 2.33. The Hall–Kier alpha value is -1.98. The van der Waals surface area contributed by atoms with Crippen molar-refractivity contribution in [3.8, 4) is 17.2 Å². The quantitative estimate of drug-likeness (QED) is 0.441. The van der Waals surface area contributed by atoms with E-state index in [1.807, 2.05) is 57.2 Å². The minimum atomic E-state index is -3.93. The molecule has 0 aliphatic rings. The van der Waals surface area contributed by atoms with Gasteiger partial charge in [-0.05, 0) is 57.2 Å². The molecule has 0 aliphatic heterocycles. The van der Waals surface area contributed by atoms with E-state index in [0.29, 0.717) is 17.2 Å². The molecule has 0 bridgehead atoms. The zero-order chi connectivity index (χ0) is 18.6. The average Bonchev–Trinajstić information content (AvgIpc) is 2.61. The van der Waals surface area contributed by atoms with E-state index in [2.05, 4.69) is 0 Å². The van der Waals surface area contributed by atoms with Crippen LogP contribution in [0.4, 0.5) is 0 Å². The summed E-state index contributed by atoms with van der Waals surface area (Å²) < 4.78 is 30.2. The van der Waals surface area contributed by atoms with Crippen molar-refractivity contribution in [2.75, 3.05) is 0 Å². The Bertz CT molecular complexity index is 787. The standard InChI is InChI=1S/C21H21O4P.Mg.H2O.2H/c1-16-4-10-19(11-5-16)23-26(22,24-20-12-6-17(2)7-13-20)25-21-14-8-18(3)9-15-21;;;;/h4-15H,1-3H3;;1H2;;. The summed E-state index contributed by atoms with van der Waals surface area (Å²) in [4.78, 5) is 0. The molecule has 3 aromatic carbocycles. The van der Waals surface area contributed by atoms with Crippen LogP contribution < -0.4 is 13.6 Å². The molecule has 7 heteroatoms. The van der Waals surface area contributed by atoms with Crippen LogP contribution >= 0.6 is 7.82 Å². The van der Waals surface area contributed by atoms with Gasteiger partial charge in [-0.1, -0.05) is 53.1 Å². The highest BCUT2D eigenvalue weighted by atomic mass is 31.2. The lowest BCUT2D eigenvalue weighted by Gasteiger charge is -2.19. The third-order valence-corrected chi connectivity index (χ3v) is 5.02. The van der Waals surface area contributed by atoms with Crippen molar-refractivity contribution in [3.05, 3.63) is 89.5 Å². The summed E-state index contributed by atoms with van der Waals surface area (Å²) in [7, 11) is -3.93. The fraction of sp³-hybridized carbons (Fsp3) is 0.143. The minimum absolute atomic E-state index is 0. The number of rotatable bonds is 6. The second-order valence-corrected chi connectivity index (χ2v) is 7.60. The molecule has 0 heterocycles. The van der Waals surface area contributed by atoms with Crippen LogP contribution in [0.3, 0.4) is 0 Å². The van der Waals surface area contributed by atoms with Crippen LogP contribution in [-0.4, -0.2) is 28.5 Å². The molecule has 2 N–H and O–H groups in total. The Morgan fingerprint density at radius 3 is 0.964 bits per heavy atom. The molecule has 0 aromatic heterocycles. The first-order valence-electron chi connectivity index (χ1n) is 8.31. The van der Waals surface area contributed by atoms with E-state index in [1.165, 1.54) is 0 Å². The molecule has 0 aliphatic carbocycles. The van der Waals surface area contributed by atoms with Crippen molar-refractivity contribution in [2.45, 2.75) is 20.8 Å². The Kier molecular flexibility index (Phi) is 9.05. The summed E-state index contributed by atoms with van der Waals surface area (Å²) in [6.07, 6.45) is 0. The maximum absolute atomic E-state index is 13.3. The predicted molar refractivity (Wildman–Crippen MR) is 115 cm³/mol. The Morgan fingerprint density at radius 1 is 0.536 bits per heavy atom. The van der Waals surface area contributed by atoms with E-state index in [4.69, 9.17) is 13.6 Å². The maximum Gasteiger partial charge on any atom is 0.647 e. The van der Waals surface area contributed by atoms with Crippen LogP contribution in [0.5, 0.6) is 17.2 Å². The van der Waals surface area contributed by atoms with Crippen molar-refractivity contribution < 1.29 is 23.6 Å². The number of hydrogen-bond donors (Lipinski definition) is 0. The lowest BCUT2D eigenvalue weighted by atomic mass is 10.2. The summed E-state index contributed by atoms with van der Waals surface area (Å²) in [5, 5.41) is 0. The van der Waals surface area contributed by atoms with Gasteiger partial charge in [0.05, 0.1) is 0 Å². The third-order valence-electron chi connectivity index (χ3n) is 3.71. The van der Waals surface area contributed by atoms with Gasteiger partial charge < -0.3 is 19.0 Å². The molecule has 3 aromatic rings. The molecule has 0 unspecified atom stereocenters. The third kappa shape index (κ3) is 6.88. The summed E-state index contributed by atoms with van der Waals surface area (Å²) in [5.41, 5.74) is 3.23. The number of phosphoric ester groups is 1. The van der Waals surface area contributed by atoms with Crippen molar-refractivity contribution >= 4 is 30.9 Å². The number of aryl methyl sites for hydroxylation is 3. The van der Waals surface area contributed by atoms with Gasteiger partial charge in [0.2, 0.25) is 0 Å². The number of benzene rings is 3.